The molecule has 17 heavy (non-hydrogen) atoms. The van der Waals surface area contributed by atoms with Gasteiger partial charge in [0, 0.05) is 6.16 Å². The van der Waals surface area contributed by atoms with Crippen molar-refractivity contribution in [1.29, 1.82) is 0 Å². The van der Waals surface area contributed by atoms with Gasteiger partial charge >= 0.3 is 0 Å². The molecule has 4 heteroatoms. The van der Waals surface area contributed by atoms with E-state index >= 15 is 0 Å². The van der Waals surface area contributed by atoms with Crippen LogP contribution >= 0.6 is 8.38 Å². The van der Waals surface area contributed by atoms with E-state index in [1.165, 1.54) is 0 Å². The van der Waals surface area contributed by atoms with Crippen molar-refractivity contribution in [2.75, 3.05) is 13.2 Å². The number of benzene rings is 1. The van der Waals surface area contributed by atoms with Crippen LogP contribution in [0.3, 0.4) is 0 Å². The molecule has 1 N–H and O–H groups in total. The first-order valence-corrected chi connectivity index (χ1v) is 7.27. The molecule has 96 valence electrons. The third kappa shape index (κ3) is 4.27. The third-order valence-corrected chi connectivity index (χ3v) is 4.12. The van der Waals surface area contributed by atoms with Crippen LogP contribution in [0.4, 0.5) is 0 Å². The van der Waals surface area contributed by atoms with Crippen molar-refractivity contribution in [1.82, 2.24) is 0 Å². The topological polar surface area (TPSA) is 38.7 Å². The van der Waals surface area contributed by atoms with Crippen LogP contribution in [0.5, 0.6) is 5.75 Å². The summed E-state index contributed by atoms with van der Waals surface area (Å²) >= 11 is 0. The van der Waals surface area contributed by atoms with Crippen molar-refractivity contribution >= 4 is 8.38 Å². The minimum absolute atomic E-state index is 0.380. The van der Waals surface area contributed by atoms with Gasteiger partial charge in [-0.1, -0.05) is 12.1 Å². The normalized spacial score (nSPS) is 11.1. The van der Waals surface area contributed by atoms with E-state index in [-0.39, 0.29) is 0 Å². The number of aromatic hydroxyl groups is 1. The van der Waals surface area contributed by atoms with Gasteiger partial charge in [0.1, 0.15) is 5.75 Å². The zero-order chi connectivity index (χ0) is 12.8. The molecular formula is C13H21O3P. The van der Waals surface area contributed by atoms with Crippen LogP contribution in [-0.4, -0.2) is 18.3 Å². The average molecular weight is 256 g/mol. The van der Waals surface area contributed by atoms with E-state index < -0.39 is 8.38 Å². The van der Waals surface area contributed by atoms with Gasteiger partial charge in [-0.25, -0.2) is 0 Å². The first-order chi connectivity index (χ1) is 8.08. The van der Waals surface area contributed by atoms with Crippen molar-refractivity contribution in [3.8, 4) is 5.75 Å². The maximum Gasteiger partial charge on any atom is 0.175 e. The highest BCUT2D eigenvalue weighted by Crippen LogP contribution is 2.42. The molecule has 0 aromatic heterocycles. The van der Waals surface area contributed by atoms with Gasteiger partial charge in [0.25, 0.3) is 0 Å². The molecule has 0 bridgehead atoms. The number of aryl methyl sites for hydroxylation is 2. The maximum atomic E-state index is 9.71. The van der Waals surface area contributed by atoms with E-state index in [4.69, 9.17) is 9.05 Å². The molecule has 0 aliphatic rings. The van der Waals surface area contributed by atoms with Crippen LogP contribution < -0.4 is 0 Å². The first-order valence-electron chi connectivity index (χ1n) is 5.90. The van der Waals surface area contributed by atoms with Gasteiger partial charge in [-0.15, -0.1) is 0 Å². The van der Waals surface area contributed by atoms with Crippen molar-refractivity contribution in [2.24, 2.45) is 0 Å². The van der Waals surface area contributed by atoms with E-state index in [2.05, 4.69) is 0 Å². The molecule has 0 radical (unpaired) electrons. The fourth-order valence-electron chi connectivity index (χ4n) is 1.70. The Morgan fingerprint density at radius 3 is 1.94 bits per heavy atom. The zero-order valence-corrected chi connectivity index (χ0v) is 11.9. The quantitative estimate of drug-likeness (QED) is 0.785. The maximum absolute atomic E-state index is 9.71. The predicted molar refractivity (Wildman–Crippen MR) is 71.5 cm³/mol. The molecule has 1 rings (SSSR count). The Labute approximate surface area is 105 Å². The second-order valence-corrected chi connectivity index (χ2v) is 5.40. The Kier molecular flexibility index (Phi) is 5.90. The number of phenolic OH excluding ortho intramolecular Hbond substituents is 1. The number of hydrogen-bond acceptors (Lipinski definition) is 3. The molecule has 0 amide bonds. The third-order valence-electron chi connectivity index (χ3n) is 2.41. The first kappa shape index (κ1) is 14.4. The second-order valence-electron chi connectivity index (χ2n) is 3.90. The Bertz CT molecular complexity index is 337. The lowest BCUT2D eigenvalue weighted by molar-refractivity contribution is 0.268. The second kappa shape index (κ2) is 6.95. The summed E-state index contributed by atoms with van der Waals surface area (Å²) in [6, 6.07) is 3.99. The highest BCUT2D eigenvalue weighted by molar-refractivity contribution is 7.46. The summed E-state index contributed by atoms with van der Waals surface area (Å²) in [5.74, 6) is 0.380. The van der Waals surface area contributed by atoms with Crippen molar-refractivity contribution < 1.29 is 14.2 Å². The van der Waals surface area contributed by atoms with E-state index in [1.54, 1.807) is 0 Å². The Balaban J connectivity index is 2.78. The number of hydrogen-bond donors (Lipinski definition) is 1. The average Bonchev–Trinajstić information content (AvgIpc) is 2.26. The predicted octanol–water partition coefficient (Wildman–Crippen LogP) is 3.89. The molecule has 0 spiro atoms. The molecule has 0 aliphatic heterocycles. The van der Waals surface area contributed by atoms with Gasteiger partial charge in [-0.3, -0.25) is 0 Å². The Morgan fingerprint density at radius 1 is 1.06 bits per heavy atom. The smallest absolute Gasteiger partial charge is 0.175 e. The molecule has 1 aromatic carbocycles. The molecule has 0 fully saturated rings. The van der Waals surface area contributed by atoms with Crippen molar-refractivity contribution in [3.05, 3.63) is 28.8 Å². The van der Waals surface area contributed by atoms with E-state index in [0.29, 0.717) is 19.0 Å². The van der Waals surface area contributed by atoms with Crippen LogP contribution in [-0.2, 0) is 15.2 Å². The summed E-state index contributed by atoms with van der Waals surface area (Å²) < 4.78 is 11.2. The van der Waals surface area contributed by atoms with Crippen molar-refractivity contribution in [3.63, 3.8) is 0 Å². The van der Waals surface area contributed by atoms with Gasteiger partial charge < -0.3 is 14.2 Å². The molecule has 0 heterocycles. The molecular weight excluding hydrogens is 235 g/mol. The van der Waals surface area contributed by atoms with Crippen molar-refractivity contribution in [2.45, 2.75) is 33.9 Å². The summed E-state index contributed by atoms with van der Waals surface area (Å²) in [7, 11) is -0.853. The minimum Gasteiger partial charge on any atom is -0.507 e. The van der Waals surface area contributed by atoms with Gasteiger partial charge in [0.2, 0.25) is 0 Å². The lowest BCUT2D eigenvalue weighted by Crippen LogP contribution is -1.95. The Hall–Kier alpha value is -0.630. The summed E-state index contributed by atoms with van der Waals surface area (Å²) in [5, 5.41) is 9.71. The van der Waals surface area contributed by atoms with Crippen LogP contribution in [0.2, 0.25) is 0 Å². The van der Waals surface area contributed by atoms with E-state index in [0.717, 1.165) is 22.9 Å². The van der Waals surface area contributed by atoms with Gasteiger partial charge in [0.15, 0.2) is 8.38 Å². The van der Waals surface area contributed by atoms with Gasteiger partial charge in [-0.2, -0.15) is 0 Å². The van der Waals surface area contributed by atoms with Crippen LogP contribution in [0.1, 0.15) is 30.5 Å². The van der Waals surface area contributed by atoms with E-state index in [1.807, 2.05) is 39.8 Å². The molecule has 0 saturated carbocycles. The number of phenols is 1. The largest absolute Gasteiger partial charge is 0.507 e. The molecule has 0 atom stereocenters. The van der Waals surface area contributed by atoms with Crippen LogP contribution in [0.15, 0.2) is 12.1 Å². The lowest BCUT2D eigenvalue weighted by atomic mass is 10.1. The summed E-state index contributed by atoms with van der Waals surface area (Å²) in [4.78, 5) is 0. The highest BCUT2D eigenvalue weighted by Gasteiger charge is 2.12. The SMILES string of the molecule is CCOP(Cc1cc(C)c(O)c(C)c1)OCC. The highest BCUT2D eigenvalue weighted by atomic mass is 31.2. The zero-order valence-electron chi connectivity index (χ0n) is 11.0. The standard InChI is InChI=1S/C13H21O3P/c1-5-15-17(16-6-2)9-12-7-10(3)13(14)11(4)8-12/h7-8,14H,5-6,9H2,1-4H3. The van der Waals surface area contributed by atoms with E-state index in [9.17, 15) is 5.11 Å². The molecule has 0 saturated heterocycles. The lowest BCUT2D eigenvalue weighted by Gasteiger charge is -2.16. The van der Waals surface area contributed by atoms with Gasteiger partial charge in [0.05, 0.1) is 13.2 Å². The molecule has 0 aliphatic carbocycles. The molecule has 0 unspecified atom stereocenters. The van der Waals surface area contributed by atoms with Gasteiger partial charge in [-0.05, 0) is 44.4 Å². The summed E-state index contributed by atoms with van der Waals surface area (Å²) in [6.07, 6.45) is 0.777. The number of rotatable bonds is 6. The van der Waals surface area contributed by atoms with Crippen LogP contribution in [0.25, 0.3) is 0 Å². The fourth-order valence-corrected chi connectivity index (χ4v) is 3.02. The molecule has 1 aromatic rings. The summed E-state index contributed by atoms with van der Waals surface area (Å²) in [5.41, 5.74) is 2.97. The Morgan fingerprint density at radius 2 is 1.53 bits per heavy atom. The van der Waals surface area contributed by atoms with Crippen LogP contribution in [0, 0.1) is 13.8 Å². The summed E-state index contributed by atoms with van der Waals surface area (Å²) in [6.45, 7) is 9.11. The molecule has 3 nitrogen and oxygen atoms in total. The minimum atomic E-state index is -0.853. The fraction of sp³-hybridized carbons (Fsp3) is 0.538. The monoisotopic (exact) mass is 256 g/mol.